The van der Waals surface area contributed by atoms with Gasteiger partial charge in [-0.15, -0.1) is 0 Å². The Kier molecular flexibility index (Phi) is 4.71. The molecule has 0 aliphatic carbocycles. The number of nitrogens with zero attached hydrogens (tertiary/aromatic N) is 2. The van der Waals surface area contributed by atoms with Crippen LogP contribution in [0.15, 0.2) is 0 Å². The summed E-state index contributed by atoms with van der Waals surface area (Å²) in [7, 11) is 0. The maximum atomic E-state index is 11.0. The van der Waals surface area contributed by atoms with Crippen molar-refractivity contribution in [1.82, 2.24) is 9.80 Å². The predicted octanol–water partition coefficient (Wildman–Crippen LogP) is -2.08. The largest absolute Gasteiger partial charge is 0.370 e. The third-order valence-corrected chi connectivity index (χ3v) is 1.94. The highest BCUT2D eigenvalue weighted by Gasteiger charge is 2.25. The van der Waals surface area contributed by atoms with Gasteiger partial charge >= 0.3 is 12.1 Å². The van der Waals surface area contributed by atoms with Crippen molar-refractivity contribution < 1.29 is 9.59 Å². The quantitative estimate of drug-likeness (QED) is 0.245. The van der Waals surface area contributed by atoms with E-state index in [-0.39, 0.29) is 6.54 Å². The van der Waals surface area contributed by atoms with Crippen LogP contribution in [0, 0.1) is 10.8 Å². The average Bonchev–Trinajstić information content (AvgIpc) is 2.11. The molecule has 10 N–H and O–H groups in total. The van der Waals surface area contributed by atoms with Crippen LogP contribution in [-0.2, 0) is 0 Å². The molecule has 0 aliphatic rings. The fourth-order valence-electron chi connectivity index (χ4n) is 1.23. The highest BCUT2D eigenvalue weighted by atomic mass is 16.2. The van der Waals surface area contributed by atoms with Crippen LogP contribution < -0.4 is 22.9 Å². The van der Waals surface area contributed by atoms with Gasteiger partial charge in [-0.25, -0.2) is 9.59 Å². The monoisotopic (exact) mass is 244 g/mol. The van der Waals surface area contributed by atoms with Gasteiger partial charge in [0.05, 0.1) is 12.6 Å². The standard InChI is InChI=1S/C7H16N8O2/c1-3(15(5(10)11)7(13)17)2-14(4(8)9)6(12)16/h3H,2H2,1H3,(H3,8,9)(H3,10,11)(H2,12,16)(H2,13,17). The van der Waals surface area contributed by atoms with Crippen LogP contribution in [0.3, 0.4) is 0 Å². The fraction of sp³-hybridized carbons (Fsp3) is 0.429. The molecule has 10 heteroatoms. The van der Waals surface area contributed by atoms with E-state index >= 15 is 0 Å². The van der Waals surface area contributed by atoms with Gasteiger partial charge in [-0.05, 0) is 6.92 Å². The molecule has 0 rings (SSSR count). The van der Waals surface area contributed by atoms with Crippen LogP contribution in [0.4, 0.5) is 9.59 Å². The van der Waals surface area contributed by atoms with Crippen LogP contribution in [0.5, 0.6) is 0 Å². The van der Waals surface area contributed by atoms with Crippen LogP contribution in [0.2, 0.25) is 0 Å². The van der Waals surface area contributed by atoms with Crippen molar-refractivity contribution in [3.63, 3.8) is 0 Å². The number of nitrogens with one attached hydrogen (secondary N) is 2. The van der Waals surface area contributed by atoms with Crippen molar-refractivity contribution in [3.05, 3.63) is 0 Å². The molecule has 0 heterocycles. The molecular weight excluding hydrogens is 228 g/mol. The first-order chi connectivity index (χ1) is 7.68. The number of primary amides is 2. The van der Waals surface area contributed by atoms with E-state index in [1.54, 1.807) is 0 Å². The van der Waals surface area contributed by atoms with E-state index in [2.05, 4.69) is 0 Å². The van der Waals surface area contributed by atoms with E-state index in [9.17, 15) is 9.59 Å². The molecule has 0 bridgehead atoms. The van der Waals surface area contributed by atoms with Gasteiger partial charge in [0.15, 0.2) is 11.9 Å². The second kappa shape index (κ2) is 5.53. The second-order valence-electron chi connectivity index (χ2n) is 3.28. The number of carbonyl (C=O) groups excluding carboxylic acids is 2. The summed E-state index contributed by atoms with van der Waals surface area (Å²) in [5, 5.41) is 14.3. The van der Waals surface area contributed by atoms with Crippen molar-refractivity contribution in [1.29, 1.82) is 10.8 Å². The SMILES string of the molecule is CC(CN(C(=N)N)C(N)=O)N(C(=N)N)C(N)=O. The predicted molar refractivity (Wildman–Crippen MR) is 61.0 cm³/mol. The number of rotatable bonds is 3. The summed E-state index contributed by atoms with van der Waals surface area (Å²) in [6, 6.07) is -2.63. The number of nitrogens with two attached hydrogens (primary N) is 4. The number of guanidine groups is 2. The van der Waals surface area contributed by atoms with Crippen molar-refractivity contribution >= 4 is 24.0 Å². The Hall–Kier alpha value is -2.52. The summed E-state index contributed by atoms with van der Waals surface area (Å²) >= 11 is 0. The minimum atomic E-state index is -0.947. The lowest BCUT2D eigenvalue weighted by Crippen LogP contribution is -2.56. The molecule has 0 aromatic heterocycles. The molecule has 0 saturated carbocycles. The Morgan fingerprint density at radius 2 is 1.53 bits per heavy atom. The number of amides is 4. The Bertz CT molecular complexity index is 326. The number of hydrogen-bond acceptors (Lipinski definition) is 4. The van der Waals surface area contributed by atoms with Gasteiger partial charge in [0.25, 0.3) is 0 Å². The van der Waals surface area contributed by atoms with Gasteiger partial charge in [-0.3, -0.25) is 20.6 Å². The highest BCUT2D eigenvalue weighted by molar-refractivity contribution is 5.95. The third-order valence-electron chi connectivity index (χ3n) is 1.94. The molecule has 0 aliphatic heterocycles. The number of carbonyl (C=O) groups is 2. The summed E-state index contributed by atoms with van der Waals surface area (Å²) in [6.07, 6.45) is 0. The Labute approximate surface area is 97.5 Å². The molecule has 1 unspecified atom stereocenters. The smallest absolute Gasteiger partial charge is 0.321 e. The zero-order valence-corrected chi connectivity index (χ0v) is 9.30. The molecule has 0 spiro atoms. The fourth-order valence-corrected chi connectivity index (χ4v) is 1.23. The maximum Gasteiger partial charge on any atom is 0.321 e. The number of urea groups is 2. The van der Waals surface area contributed by atoms with Gasteiger partial charge in [0.2, 0.25) is 0 Å². The lowest BCUT2D eigenvalue weighted by atomic mass is 10.3. The molecule has 4 amide bonds. The molecule has 0 saturated heterocycles. The summed E-state index contributed by atoms with van der Waals surface area (Å²) in [5.74, 6) is -1.14. The molecule has 0 radical (unpaired) electrons. The van der Waals surface area contributed by atoms with Gasteiger partial charge in [0.1, 0.15) is 0 Å². The van der Waals surface area contributed by atoms with Crippen LogP contribution in [-0.4, -0.2) is 46.4 Å². The Morgan fingerprint density at radius 1 is 1.06 bits per heavy atom. The van der Waals surface area contributed by atoms with E-state index in [1.165, 1.54) is 6.92 Å². The number of hydrogen-bond donors (Lipinski definition) is 6. The normalized spacial score (nSPS) is 11.4. The molecule has 17 heavy (non-hydrogen) atoms. The third kappa shape index (κ3) is 3.85. The minimum Gasteiger partial charge on any atom is -0.370 e. The summed E-state index contributed by atoms with van der Waals surface area (Å²) in [5.41, 5.74) is 20.3. The first kappa shape index (κ1) is 14.5. The van der Waals surface area contributed by atoms with Gasteiger partial charge in [-0.2, -0.15) is 0 Å². The van der Waals surface area contributed by atoms with Crippen LogP contribution in [0.25, 0.3) is 0 Å². The van der Waals surface area contributed by atoms with Gasteiger partial charge < -0.3 is 22.9 Å². The molecule has 96 valence electrons. The van der Waals surface area contributed by atoms with Crippen LogP contribution in [0.1, 0.15) is 6.92 Å². The van der Waals surface area contributed by atoms with Crippen LogP contribution >= 0.6 is 0 Å². The summed E-state index contributed by atoms with van der Waals surface area (Å²) < 4.78 is 0. The van der Waals surface area contributed by atoms with E-state index in [4.69, 9.17) is 33.8 Å². The zero-order chi connectivity index (χ0) is 13.7. The average molecular weight is 244 g/mol. The second-order valence-corrected chi connectivity index (χ2v) is 3.28. The molecule has 1 atom stereocenters. The maximum absolute atomic E-state index is 11.0. The summed E-state index contributed by atoms with van der Waals surface area (Å²) in [4.78, 5) is 23.4. The highest BCUT2D eigenvalue weighted by Crippen LogP contribution is 2.01. The van der Waals surface area contributed by atoms with Gasteiger partial charge in [0, 0.05) is 0 Å². The first-order valence-electron chi connectivity index (χ1n) is 4.52. The topological polar surface area (TPSA) is 192 Å². The molecular formula is C7H16N8O2. The zero-order valence-electron chi connectivity index (χ0n) is 9.30. The van der Waals surface area contributed by atoms with Crippen molar-refractivity contribution in [2.24, 2.45) is 22.9 Å². The van der Waals surface area contributed by atoms with E-state index in [0.29, 0.717) is 0 Å². The molecule has 0 aromatic carbocycles. The van der Waals surface area contributed by atoms with Gasteiger partial charge in [-0.1, -0.05) is 0 Å². The van der Waals surface area contributed by atoms with E-state index in [0.717, 1.165) is 9.80 Å². The van der Waals surface area contributed by atoms with E-state index in [1.807, 2.05) is 0 Å². The molecule has 10 nitrogen and oxygen atoms in total. The van der Waals surface area contributed by atoms with Crippen molar-refractivity contribution in [2.75, 3.05) is 6.54 Å². The first-order valence-corrected chi connectivity index (χ1v) is 4.52. The van der Waals surface area contributed by atoms with Crippen molar-refractivity contribution in [2.45, 2.75) is 13.0 Å². The molecule has 0 fully saturated rings. The van der Waals surface area contributed by atoms with Crippen molar-refractivity contribution in [3.8, 4) is 0 Å². The lowest BCUT2D eigenvalue weighted by molar-refractivity contribution is 0.203. The Balaban J connectivity index is 4.86. The lowest BCUT2D eigenvalue weighted by Gasteiger charge is -2.29. The molecule has 0 aromatic rings. The summed E-state index contributed by atoms with van der Waals surface area (Å²) in [6.45, 7) is 1.29. The Morgan fingerprint density at radius 3 is 1.76 bits per heavy atom. The minimum absolute atomic E-state index is 0.187. The van der Waals surface area contributed by atoms with E-state index < -0.39 is 30.0 Å².